The van der Waals surface area contributed by atoms with Gasteiger partial charge in [-0.15, -0.1) is 0 Å². The van der Waals surface area contributed by atoms with E-state index in [0.717, 1.165) is 24.0 Å². The van der Waals surface area contributed by atoms with E-state index in [1.54, 1.807) is 0 Å². The summed E-state index contributed by atoms with van der Waals surface area (Å²) in [7, 11) is -3.80. The lowest BCUT2D eigenvalue weighted by atomic mass is 9.87. The first kappa shape index (κ1) is 14.6. The number of carboxylic acid groups (broad SMARTS) is 1. The number of carboxylic acids is 1. The molecule has 1 aliphatic rings. The third-order valence-electron chi connectivity index (χ3n) is 3.77. The zero-order chi connectivity index (χ0) is 15.7. The number of hydrogen-bond donors (Lipinski definition) is 2. The molecule has 3 rings (SSSR count). The van der Waals surface area contributed by atoms with E-state index < -0.39 is 16.0 Å². The molecule has 0 fully saturated rings. The Labute approximate surface area is 127 Å². The van der Waals surface area contributed by atoms with Crippen molar-refractivity contribution in [2.75, 3.05) is 4.72 Å². The van der Waals surface area contributed by atoms with Crippen LogP contribution in [0.2, 0.25) is 0 Å². The van der Waals surface area contributed by atoms with Crippen LogP contribution in [0.1, 0.15) is 34.3 Å². The molecule has 0 radical (unpaired) electrons. The summed E-state index contributed by atoms with van der Waals surface area (Å²) in [6, 6.07) is 5.82. The largest absolute Gasteiger partial charge is 0.478 e. The summed E-state index contributed by atoms with van der Waals surface area (Å²) in [5, 5.41) is 9.09. The molecular weight excluding hydrogens is 306 g/mol. The van der Waals surface area contributed by atoms with Crippen molar-refractivity contribution in [3.8, 4) is 0 Å². The molecule has 1 aliphatic carbocycles. The standard InChI is InChI=1S/C15H15NO5S/c17-15(18)12-7-8-13(11-5-2-1-4-10(11)12)16-22(19,20)14-6-3-9-21-14/h3,6-9,16H,1-2,4-5H2,(H,17,18). The molecule has 1 aromatic carbocycles. The monoisotopic (exact) mass is 321 g/mol. The lowest BCUT2D eigenvalue weighted by Crippen LogP contribution is -2.17. The van der Waals surface area contributed by atoms with Gasteiger partial charge in [0, 0.05) is 0 Å². The van der Waals surface area contributed by atoms with Crippen LogP contribution < -0.4 is 4.72 Å². The Kier molecular flexibility index (Phi) is 3.66. The number of rotatable bonds is 4. The van der Waals surface area contributed by atoms with Crippen LogP contribution in [0.25, 0.3) is 0 Å². The van der Waals surface area contributed by atoms with Crippen LogP contribution in [0.15, 0.2) is 40.0 Å². The van der Waals surface area contributed by atoms with Gasteiger partial charge in [0.15, 0.2) is 0 Å². The zero-order valence-electron chi connectivity index (χ0n) is 11.7. The van der Waals surface area contributed by atoms with Crippen LogP contribution in [0.4, 0.5) is 5.69 Å². The van der Waals surface area contributed by atoms with Gasteiger partial charge < -0.3 is 9.52 Å². The minimum atomic E-state index is -3.80. The van der Waals surface area contributed by atoms with E-state index in [0.29, 0.717) is 18.5 Å². The van der Waals surface area contributed by atoms with Crippen molar-refractivity contribution in [3.05, 3.63) is 47.2 Å². The Hall–Kier alpha value is -2.28. The maximum atomic E-state index is 12.2. The summed E-state index contributed by atoms with van der Waals surface area (Å²) in [5.74, 6) is -0.987. The molecule has 0 aliphatic heterocycles. The number of nitrogens with one attached hydrogen (secondary N) is 1. The van der Waals surface area contributed by atoms with Crippen LogP contribution in [0.5, 0.6) is 0 Å². The lowest BCUT2D eigenvalue weighted by molar-refractivity contribution is 0.0695. The molecule has 0 saturated heterocycles. The first-order chi connectivity index (χ1) is 10.5. The fourth-order valence-corrected chi connectivity index (χ4v) is 3.80. The van der Waals surface area contributed by atoms with E-state index in [9.17, 15) is 18.3 Å². The summed E-state index contributed by atoms with van der Waals surface area (Å²) in [6.07, 6.45) is 4.41. The van der Waals surface area contributed by atoms with E-state index in [4.69, 9.17) is 4.42 Å². The molecule has 7 heteroatoms. The number of aromatic carboxylic acids is 1. The molecule has 1 heterocycles. The van der Waals surface area contributed by atoms with E-state index in [1.807, 2.05) is 0 Å². The van der Waals surface area contributed by atoms with Crippen molar-refractivity contribution in [2.45, 2.75) is 30.8 Å². The minimum absolute atomic E-state index is 0.167. The second-order valence-electron chi connectivity index (χ2n) is 5.17. The molecule has 6 nitrogen and oxygen atoms in total. The van der Waals surface area contributed by atoms with Crippen molar-refractivity contribution < 1.29 is 22.7 Å². The average molecular weight is 321 g/mol. The summed E-state index contributed by atoms with van der Waals surface area (Å²) in [4.78, 5) is 11.3. The van der Waals surface area contributed by atoms with Gasteiger partial charge in [-0.2, -0.15) is 8.42 Å². The molecule has 2 aromatic rings. The Bertz CT molecular complexity index is 809. The van der Waals surface area contributed by atoms with Gasteiger partial charge in [-0.3, -0.25) is 4.72 Å². The number of carbonyl (C=O) groups is 1. The summed E-state index contributed by atoms with van der Waals surface area (Å²) in [5.41, 5.74) is 2.16. The third-order valence-corrected chi connectivity index (χ3v) is 5.02. The third kappa shape index (κ3) is 2.59. The Balaban J connectivity index is 2.04. The number of furan rings is 1. The van der Waals surface area contributed by atoms with E-state index >= 15 is 0 Å². The maximum Gasteiger partial charge on any atom is 0.335 e. The van der Waals surface area contributed by atoms with Crippen molar-refractivity contribution >= 4 is 21.7 Å². The highest BCUT2D eigenvalue weighted by atomic mass is 32.2. The quantitative estimate of drug-likeness (QED) is 0.902. The Morgan fingerprint density at radius 1 is 1.14 bits per heavy atom. The van der Waals surface area contributed by atoms with Crippen LogP contribution in [-0.2, 0) is 22.9 Å². The number of benzene rings is 1. The van der Waals surface area contributed by atoms with Gasteiger partial charge in [0.25, 0.3) is 10.0 Å². The molecule has 0 spiro atoms. The van der Waals surface area contributed by atoms with Gasteiger partial charge >= 0.3 is 5.97 Å². The highest BCUT2D eigenvalue weighted by Gasteiger charge is 2.24. The van der Waals surface area contributed by atoms with Crippen LogP contribution >= 0.6 is 0 Å². The molecule has 0 bridgehead atoms. The molecular formula is C15H15NO5S. The summed E-state index contributed by atoms with van der Waals surface area (Å²) < 4.78 is 31.9. The molecule has 0 unspecified atom stereocenters. The molecule has 22 heavy (non-hydrogen) atoms. The highest BCUT2D eigenvalue weighted by Crippen LogP contribution is 2.32. The molecule has 0 atom stereocenters. The second kappa shape index (κ2) is 5.49. The molecule has 2 N–H and O–H groups in total. The van der Waals surface area contributed by atoms with Gasteiger partial charge in [-0.1, -0.05) is 0 Å². The van der Waals surface area contributed by atoms with Crippen molar-refractivity contribution in [1.29, 1.82) is 0 Å². The van der Waals surface area contributed by atoms with Gasteiger partial charge in [0.1, 0.15) is 0 Å². The van der Waals surface area contributed by atoms with Crippen LogP contribution in [0, 0.1) is 0 Å². The van der Waals surface area contributed by atoms with E-state index in [-0.39, 0.29) is 10.7 Å². The Morgan fingerprint density at radius 2 is 1.86 bits per heavy atom. The van der Waals surface area contributed by atoms with Crippen LogP contribution in [-0.4, -0.2) is 19.5 Å². The van der Waals surface area contributed by atoms with Crippen molar-refractivity contribution in [3.63, 3.8) is 0 Å². The van der Waals surface area contributed by atoms with E-state index in [1.165, 1.54) is 30.5 Å². The molecule has 0 saturated carbocycles. The van der Waals surface area contributed by atoms with Gasteiger partial charge in [-0.05, 0) is 61.1 Å². The SMILES string of the molecule is O=C(O)c1ccc(NS(=O)(=O)c2ccco2)c2c1CCCC2. The predicted molar refractivity (Wildman–Crippen MR) is 79.6 cm³/mol. The van der Waals surface area contributed by atoms with Gasteiger partial charge in [0.05, 0.1) is 17.5 Å². The normalized spacial score (nSPS) is 14.4. The van der Waals surface area contributed by atoms with E-state index in [2.05, 4.69) is 4.72 Å². The number of fused-ring (bicyclic) bond motifs is 1. The highest BCUT2D eigenvalue weighted by molar-refractivity contribution is 7.92. The van der Waals surface area contributed by atoms with Gasteiger partial charge in [-0.25, -0.2) is 4.79 Å². The minimum Gasteiger partial charge on any atom is -0.478 e. The predicted octanol–water partition coefficient (Wildman–Crippen LogP) is 2.66. The fourth-order valence-electron chi connectivity index (χ4n) is 2.78. The first-order valence-electron chi connectivity index (χ1n) is 6.93. The number of anilines is 1. The molecule has 1 aromatic heterocycles. The van der Waals surface area contributed by atoms with Gasteiger partial charge in [0.2, 0.25) is 5.09 Å². The summed E-state index contributed by atoms with van der Waals surface area (Å²) in [6.45, 7) is 0. The first-order valence-corrected chi connectivity index (χ1v) is 8.42. The smallest absolute Gasteiger partial charge is 0.335 e. The summed E-state index contributed by atoms with van der Waals surface area (Å²) >= 11 is 0. The zero-order valence-corrected chi connectivity index (χ0v) is 12.5. The number of hydrogen-bond acceptors (Lipinski definition) is 4. The molecule has 116 valence electrons. The van der Waals surface area contributed by atoms with Crippen molar-refractivity contribution in [2.24, 2.45) is 0 Å². The van der Waals surface area contributed by atoms with Crippen LogP contribution in [0.3, 0.4) is 0 Å². The fraction of sp³-hybridized carbons (Fsp3) is 0.267. The average Bonchev–Trinajstić information content (AvgIpc) is 3.02. The Morgan fingerprint density at radius 3 is 2.50 bits per heavy atom. The maximum absolute atomic E-state index is 12.2. The molecule has 0 amide bonds. The number of sulfonamides is 1. The topological polar surface area (TPSA) is 96.6 Å². The lowest BCUT2D eigenvalue weighted by Gasteiger charge is -2.21. The second-order valence-corrected chi connectivity index (χ2v) is 6.78. The van der Waals surface area contributed by atoms with Crippen molar-refractivity contribution in [1.82, 2.24) is 0 Å².